The van der Waals surface area contributed by atoms with Crippen LogP contribution in [0.2, 0.25) is 0 Å². The van der Waals surface area contributed by atoms with E-state index in [1.807, 2.05) is 18.2 Å². The number of allylic oxidation sites excluding steroid dienone is 1. The summed E-state index contributed by atoms with van der Waals surface area (Å²) in [6.45, 7) is 12.7. The van der Waals surface area contributed by atoms with Crippen LogP contribution in [-0.2, 0) is 25.4 Å². The molecular weight excluding hydrogens is 771 g/mol. The lowest BCUT2D eigenvalue weighted by atomic mass is 9.47. The van der Waals surface area contributed by atoms with Crippen molar-refractivity contribution in [1.82, 2.24) is 10.6 Å². The van der Waals surface area contributed by atoms with Crippen molar-refractivity contribution in [2.24, 2.45) is 78.3 Å². The van der Waals surface area contributed by atoms with E-state index in [-0.39, 0.29) is 41.5 Å². The molecule has 10 unspecified atom stereocenters. The molecule has 2 amide bonds. The maximum Gasteiger partial charge on any atom is 0.407 e. The number of aliphatic imine (C=N–C) groups is 3. The third-order valence-electron chi connectivity index (χ3n) is 14.7. The second kappa shape index (κ2) is 23.3. The van der Waals surface area contributed by atoms with Crippen LogP contribution in [0.5, 0.6) is 0 Å². The van der Waals surface area contributed by atoms with Gasteiger partial charge in [-0.2, -0.15) is 0 Å². The van der Waals surface area contributed by atoms with Crippen molar-refractivity contribution in [3.8, 4) is 0 Å². The van der Waals surface area contributed by atoms with E-state index in [9.17, 15) is 9.59 Å². The number of nitrogens with zero attached hydrogens (tertiary/aromatic N) is 3. The van der Waals surface area contributed by atoms with Gasteiger partial charge < -0.3 is 47.8 Å². The molecule has 3 saturated carbocycles. The normalized spacial score (nSPS) is 28.3. The van der Waals surface area contributed by atoms with Gasteiger partial charge in [0.15, 0.2) is 11.9 Å². The molecule has 4 aliphatic carbocycles. The van der Waals surface area contributed by atoms with Gasteiger partial charge in [0.2, 0.25) is 5.91 Å². The first kappa shape index (κ1) is 47.9. The number of alkyl carbamates (subject to hydrolysis) is 1. The lowest BCUT2D eigenvalue weighted by molar-refractivity contribution is -0.122. The Morgan fingerprint density at radius 1 is 0.918 bits per heavy atom. The number of nitrogens with two attached hydrogens (primary N) is 4. The molecule has 340 valence electrons. The minimum Gasteiger partial charge on any atom is -0.446 e. The Bertz CT molecular complexity index is 1660. The molecule has 10 atom stereocenters. The second-order valence-corrected chi connectivity index (χ2v) is 18.5. The van der Waals surface area contributed by atoms with Crippen LogP contribution in [0.3, 0.4) is 0 Å². The van der Waals surface area contributed by atoms with Crippen molar-refractivity contribution in [1.29, 1.82) is 0 Å². The highest BCUT2D eigenvalue weighted by Crippen LogP contribution is 2.67. The Morgan fingerprint density at radius 3 is 2.43 bits per heavy atom. The summed E-state index contributed by atoms with van der Waals surface area (Å²) in [6, 6.07) is 9.08. The number of nitrogens with one attached hydrogen (secondary N) is 2. The Kier molecular flexibility index (Phi) is 18.3. The Balaban J connectivity index is 1.01. The SMILES string of the molecule is CCC(C)C1CCC2C3CC=C4CC(OC(=O)NC(C=NCCOCCOCCNC(=O)C(CCCCN=C(N)N)N=C(N)N)Cc5ccccc5)CCC4(C)C3CCC12C. The van der Waals surface area contributed by atoms with Crippen molar-refractivity contribution < 1.29 is 23.8 Å². The number of carbonyl (C=O) groups excluding carboxylic acids is 2. The molecule has 10 N–H and O–H groups in total. The van der Waals surface area contributed by atoms with Crippen molar-refractivity contribution >= 4 is 30.1 Å². The van der Waals surface area contributed by atoms with E-state index in [4.69, 9.17) is 37.1 Å². The summed E-state index contributed by atoms with van der Waals surface area (Å²) >= 11 is 0. The van der Waals surface area contributed by atoms with Crippen molar-refractivity contribution in [2.75, 3.05) is 46.1 Å². The molecule has 0 radical (unpaired) electrons. The van der Waals surface area contributed by atoms with E-state index >= 15 is 0 Å². The number of rotatable bonds is 23. The lowest BCUT2D eigenvalue weighted by Gasteiger charge is -2.58. The van der Waals surface area contributed by atoms with Crippen LogP contribution < -0.4 is 33.6 Å². The van der Waals surface area contributed by atoms with Gasteiger partial charge in [-0.3, -0.25) is 14.8 Å². The highest BCUT2D eigenvalue weighted by Gasteiger charge is 2.59. The number of hydrogen-bond acceptors (Lipinski definition) is 8. The highest BCUT2D eigenvalue weighted by molar-refractivity contribution is 5.86. The quantitative estimate of drug-likeness (QED) is 0.0347. The van der Waals surface area contributed by atoms with E-state index in [1.54, 1.807) is 6.21 Å². The van der Waals surface area contributed by atoms with Crippen LogP contribution in [0, 0.1) is 40.4 Å². The van der Waals surface area contributed by atoms with E-state index in [1.165, 1.54) is 44.1 Å². The molecule has 4 aliphatic rings. The number of unbranched alkanes of at least 4 members (excludes halogenated alkanes) is 1. The van der Waals surface area contributed by atoms with E-state index in [2.05, 4.69) is 71.5 Å². The van der Waals surface area contributed by atoms with E-state index < -0.39 is 6.04 Å². The largest absolute Gasteiger partial charge is 0.446 e. The van der Waals surface area contributed by atoms with Crippen molar-refractivity contribution in [2.45, 2.75) is 129 Å². The van der Waals surface area contributed by atoms with Gasteiger partial charge in [0.1, 0.15) is 12.1 Å². The zero-order valence-corrected chi connectivity index (χ0v) is 37.5. The molecule has 61 heavy (non-hydrogen) atoms. The summed E-state index contributed by atoms with van der Waals surface area (Å²) in [5.74, 6) is 3.66. The summed E-state index contributed by atoms with van der Waals surface area (Å²) in [6.07, 6.45) is 17.1. The third-order valence-corrected chi connectivity index (χ3v) is 14.7. The van der Waals surface area contributed by atoms with Gasteiger partial charge >= 0.3 is 6.09 Å². The second-order valence-electron chi connectivity index (χ2n) is 18.5. The van der Waals surface area contributed by atoms with Gasteiger partial charge in [-0.1, -0.05) is 76.1 Å². The zero-order chi connectivity index (χ0) is 43.8. The number of benzene rings is 1. The van der Waals surface area contributed by atoms with Gasteiger partial charge in [-0.15, -0.1) is 0 Å². The predicted molar refractivity (Wildman–Crippen MR) is 244 cm³/mol. The Morgan fingerprint density at radius 2 is 1.69 bits per heavy atom. The molecule has 5 rings (SSSR count). The van der Waals surface area contributed by atoms with Crippen LogP contribution >= 0.6 is 0 Å². The summed E-state index contributed by atoms with van der Waals surface area (Å²) < 4.78 is 17.5. The van der Waals surface area contributed by atoms with Crippen molar-refractivity contribution in [3.05, 3.63) is 47.5 Å². The topological polar surface area (TPSA) is 227 Å². The molecule has 0 saturated heterocycles. The first-order valence-electron chi connectivity index (χ1n) is 23.1. The van der Waals surface area contributed by atoms with E-state index in [0.29, 0.717) is 77.2 Å². The van der Waals surface area contributed by atoms with Crippen LogP contribution in [0.15, 0.2) is 57.0 Å². The van der Waals surface area contributed by atoms with Gasteiger partial charge in [0.25, 0.3) is 0 Å². The molecule has 0 aromatic heterocycles. The number of guanidine groups is 2. The molecule has 14 nitrogen and oxygen atoms in total. The molecular formula is C47H77N9O5. The Hall–Kier alpha value is -4.17. The molecule has 0 heterocycles. The van der Waals surface area contributed by atoms with Gasteiger partial charge in [-0.25, -0.2) is 9.79 Å². The maximum absolute atomic E-state index is 13.4. The fraction of sp³-hybridized carbons (Fsp3) is 0.723. The highest BCUT2D eigenvalue weighted by atomic mass is 16.6. The number of fused-ring (bicyclic) bond motifs is 5. The average Bonchev–Trinajstić information content (AvgIpc) is 3.59. The summed E-state index contributed by atoms with van der Waals surface area (Å²) in [5, 5.41) is 5.92. The van der Waals surface area contributed by atoms with Crippen LogP contribution in [-0.4, -0.2) is 94.4 Å². The zero-order valence-electron chi connectivity index (χ0n) is 37.5. The molecule has 0 spiro atoms. The molecule has 0 aliphatic heterocycles. The van der Waals surface area contributed by atoms with Crippen molar-refractivity contribution in [3.63, 3.8) is 0 Å². The molecule has 3 fully saturated rings. The molecule has 1 aromatic carbocycles. The number of carbonyl (C=O) groups is 2. The summed E-state index contributed by atoms with van der Waals surface area (Å²) in [5.41, 5.74) is 25.1. The smallest absolute Gasteiger partial charge is 0.407 e. The lowest BCUT2D eigenvalue weighted by Crippen LogP contribution is -2.51. The number of ether oxygens (including phenoxy) is 3. The number of hydrogen-bond donors (Lipinski definition) is 6. The monoisotopic (exact) mass is 848 g/mol. The van der Waals surface area contributed by atoms with Gasteiger partial charge in [-0.05, 0) is 117 Å². The van der Waals surface area contributed by atoms with Crippen LogP contribution in [0.4, 0.5) is 4.79 Å². The molecule has 14 heteroatoms. The van der Waals surface area contributed by atoms with Crippen LogP contribution in [0.25, 0.3) is 0 Å². The van der Waals surface area contributed by atoms with Gasteiger partial charge in [0.05, 0.1) is 39.0 Å². The van der Waals surface area contributed by atoms with Crippen LogP contribution in [0.1, 0.15) is 110 Å². The molecule has 1 aromatic rings. The average molecular weight is 848 g/mol. The Labute approximate surface area is 364 Å². The van der Waals surface area contributed by atoms with E-state index in [0.717, 1.165) is 54.4 Å². The van der Waals surface area contributed by atoms with Gasteiger partial charge in [0, 0.05) is 25.7 Å². The minimum atomic E-state index is -0.694. The first-order chi connectivity index (χ1) is 29.3. The summed E-state index contributed by atoms with van der Waals surface area (Å²) in [7, 11) is 0. The third kappa shape index (κ3) is 13.4. The molecule has 0 bridgehead atoms. The first-order valence-corrected chi connectivity index (χ1v) is 23.1. The standard InChI is InChI=1S/C47H77N9O5/c1-5-32(2)38-16-17-39-37-15-14-34-30-36(18-20-46(34,3)40(37)19-21-47(38,39)4)61-45(58)55-35(29-33-11-7-6-8-12-33)31-52-23-25-59-27-28-60-26-24-53-42(57)41(56-44(50)51)13-9-10-22-54-43(48)49/h6-8,11-12,14,31-32,35-41H,5,9-10,13,15-30H2,1-4H3,(H,53,57)(H,55,58)(H4,48,49,54)(H4,50,51,56). The summed E-state index contributed by atoms with van der Waals surface area (Å²) in [4.78, 5) is 38.6. The predicted octanol–water partition coefficient (Wildman–Crippen LogP) is 5.62. The fourth-order valence-corrected chi connectivity index (χ4v) is 11.4. The minimum absolute atomic E-state index is 0.0366. The maximum atomic E-state index is 13.4. The number of amides is 2. The fourth-order valence-electron chi connectivity index (χ4n) is 11.4.